The summed E-state index contributed by atoms with van der Waals surface area (Å²) in [7, 11) is 0. The highest BCUT2D eigenvalue weighted by atomic mass is 16.1. The number of benzene rings is 1. The minimum Gasteiger partial charge on any atom is -0.355 e. The summed E-state index contributed by atoms with van der Waals surface area (Å²) >= 11 is 0. The maximum atomic E-state index is 12.1. The summed E-state index contributed by atoms with van der Waals surface area (Å²) < 4.78 is 0. The lowest BCUT2D eigenvalue weighted by atomic mass is 10.0. The molecular weight excluding hydrogens is 328 g/mol. The number of nitrogens with zero attached hydrogens (tertiary/aromatic N) is 3. The minimum atomic E-state index is 0.0313. The van der Waals surface area contributed by atoms with Gasteiger partial charge in [-0.15, -0.1) is 0 Å². The van der Waals surface area contributed by atoms with E-state index >= 15 is 0 Å². The fraction of sp³-hybridized carbons (Fsp3) is 0.400. The van der Waals surface area contributed by atoms with Crippen LogP contribution in [0.3, 0.4) is 0 Å². The number of rotatable bonds is 7. The molecular formula is C20H24N4O2. The predicted octanol–water partition coefficient (Wildman–Crippen LogP) is 2.61. The van der Waals surface area contributed by atoms with Crippen molar-refractivity contribution in [2.75, 3.05) is 18.0 Å². The molecule has 0 saturated carbocycles. The van der Waals surface area contributed by atoms with E-state index in [2.05, 4.69) is 20.2 Å². The van der Waals surface area contributed by atoms with Gasteiger partial charge in [0.15, 0.2) is 5.78 Å². The number of anilines is 1. The minimum absolute atomic E-state index is 0.0313. The Kier molecular flexibility index (Phi) is 6.30. The number of hydrogen-bond donors (Lipinski definition) is 1. The van der Waals surface area contributed by atoms with Crippen LogP contribution in [-0.2, 0) is 4.79 Å². The van der Waals surface area contributed by atoms with Crippen LogP contribution >= 0.6 is 0 Å². The molecule has 2 heterocycles. The molecule has 1 fully saturated rings. The highest BCUT2D eigenvalue weighted by Crippen LogP contribution is 2.16. The molecule has 1 aliphatic rings. The Hall–Kier alpha value is -2.76. The normalized spacial score (nSPS) is 14.8. The zero-order valence-electron chi connectivity index (χ0n) is 14.8. The Morgan fingerprint density at radius 3 is 2.54 bits per heavy atom. The van der Waals surface area contributed by atoms with Crippen LogP contribution in [0, 0.1) is 0 Å². The fourth-order valence-corrected chi connectivity index (χ4v) is 3.19. The van der Waals surface area contributed by atoms with E-state index in [9.17, 15) is 9.59 Å². The maximum Gasteiger partial charge on any atom is 0.220 e. The molecule has 0 spiro atoms. The van der Waals surface area contributed by atoms with Crippen molar-refractivity contribution in [3.63, 3.8) is 0 Å². The van der Waals surface area contributed by atoms with Gasteiger partial charge in [-0.3, -0.25) is 14.6 Å². The molecule has 1 aromatic carbocycles. The summed E-state index contributed by atoms with van der Waals surface area (Å²) in [5.74, 6) is 1.01. The van der Waals surface area contributed by atoms with Gasteiger partial charge in [0.05, 0.1) is 6.20 Å². The van der Waals surface area contributed by atoms with Crippen LogP contribution in [0.5, 0.6) is 0 Å². The van der Waals surface area contributed by atoms with E-state index in [0.29, 0.717) is 24.8 Å². The van der Waals surface area contributed by atoms with Crippen molar-refractivity contribution in [1.29, 1.82) is 0 Å². The second kappa shape index (κ2) is 9.08. The topological polar surface area (TPSA) is 75.2 Å². The van der Waals surface area contributed by atoms with E-state index in [1.807, 2.05) is 30.3 Å². The number of aromatic nitrogens is 2. The molecule has 1 aromatic heterocycles. The molecule has 0 unspecified atom stereocenters. The number of Topliss-reactive ketones (excluding diaryl/α,β-unsaturated/α-hetero) is 1. The Labute approximate surface area is 153 Å². The van der Waals surface area contributed by atoms with E-state index < -0.39 is 0 Å². The van der Waals surface area contributed by atoms with Crippen LogP contribution < -0.4 is 10.2 Å². The van der Waals surface area contributed by atoms with Crippen LogP contribution in [0.2, 0.25) is 0 Å². The van der Waals surface area contributed by atoms with Gasteiger partial charge in [0.25, 0.3) is 0 Å². The average molecular weight is 352 g/mol. The summed E-state index contributed by atoms with van der Waals surface area (Å²) in [5.41, 5.74) is 0.712. The third kappa shape index (κ3) is 5.12. The molecule has 1 amide bonds. The van der Waals surface area contributed by atoms with Crippen LogP contribution in [0.15, 0.2) is 48.9 Å². The lowest BCUT2D eigenvalue weighted by molar-refractivity contribution is -0.122. The van der Waals surface area contributed by atoms with Crippen LogP contribution in [-0.4, -0.2) is 40.8 Å². The first-order chi connectivity index (χ1) is 12.7. The van der Waals surface area contributed by atoms with E-state index in [0.717, 1.165) is 31.7 Å². The predicted molar refractivity (Wildman–Crippen MR) is 100 cm³/mol. The molecule has 1 N–H and O–H groups in total. The third-order valence-electron chi connectivity index (χ3n) is 4.64. The molecule has 26 heavy (non-hydrogen) atoms. The first-order valence-corrected chi connectivity index (χ1v) is 9.11. The van der Waals surface area contributed by atoms with Crippen molar-refractivity contribution in [2.45, 2.75) is 38.1 Å². The van der Waals surface area contributed by atoms with Crippen molar-refractivity contribution in [1.82, 2.24) is 15.3 Å². The van der Waals surface area contributed by atoms with Crippen molar-refractivity contribution >= 4 is 17.5 Å². The van der Waals surface area contributed by atoms with Gasteiger partial charge in [0.1, 0.15) is 5.82 Å². The molecule has 136 valence electrons. The highest BCUT2D eigenvalue weighted by molar-refractivity contribution is 5.96. The van der Waals surface area contributed by atoms with Gasteiger partial charge in [-0.25, -0.2) is 4.98 Å². The number of carbonyl (C=O) groups excluding carboxylic acids is 2. The van der Waals surface area contributed by atoms with Gasteiger partial charge >= 0.3 is 0 Å². The summed E-state index contributed by atoms with van der Waals surface area (Å²) in [6.45, 7) is 1.71. The van der Waals surface area contributed by atoms with E-state index in [1.54, 1.807) is 18.6 Å². The first-order valence-electron chi connectivity index (χ1n) is 9.11. The van der Waals surface area contributed by atoms with E-state index in [1.165, 1.54) is 0 Å². The molecule has 3 rings (SSSR count). The van der Waals surface area contributed by atoms with Crippen LogP contribution in [0.1, 0.15) is 42.5 Å². The second-order valence-electron chi connectivity index (χ2n) is 6.54. The number of ketones is 1. The summed E-state index contributed by atoms with van der Waals surface area (Å²) in [5, 5.41) is 3.09. The Morgan fingerprint density at radius 1 is 1.08 bits per heavy atom. The van der Waals surface area contributed by atoms with Crippen molar-refractivity contribution < 1.29 is 9.59 Å². The van der Waals surface area contributed by atoms with Gasteiger partial charge in [0, 0.05) is 49.9 Å². The average Bonchev–Trinajstić information content (AvgIpc) is 2.70. The van der Waals surface area contributed by atoms with Crippen molar-refractivity contribution in [3.05, 3.63) is 54.5 Å². The second-order valence-corrected chi connectivity index (χ2v) is 6.54. The van der Waals surface area contributed by atoms with E-state index in [4.69, 9.17) is 0 Å². The van der Waals surface area contributed by atoms with E-state index in [-0.39, 0.29) is 17.7 Å². The quantitative estimate of drug-likeness (QED) is 0.775. The number of amides is 1. The van der Waals surface area contributed by atoms with Gasteiger partial charge in [-0.1, -0.05) is 30.3 Å². The highest BCUT2D eigenvalue weighted by Gasteiger charge is 2.21. The first kappa shape index (κ1) is 18.0. The molecule has 0 bridgehead atoms. The van der Waals surface area contributed by atoms with Gasteiger partial charge in [-0.05, 0) is 19.3 Å². The summed E-state index contributed by atoms with van der Waals surface area (Å²) in [4.78, 5) is 34.8. The number of nitrogens with one attached hydrogen (secondary N) is 1. The monoisotopic (exact) mass is 352 g/mol. The number of hydrogen-bond acceptors (Lipinski definition) is 5. The Bertz CT molecular complexity index is 713. The lowest BCUT2D eigenvalue weighted by Crippen LogP contribution is -2.44. The van der Waals surface area contributed by atoms with Gasteiger partial charge in [0.2, 0.25) is 5.91 Å². The molecule has 1 saturated heterocycles. The zero-order chi connectivity index (χ0) is 18.2. The third-order valence-corrected chi connectivity index (χ3v) is 4.64. The fourth-order valence-electron chi connectivity index (χ4n) is 3.19. The number of piperidine rings is 1. The zero-order valence-corrected chi connectivity index (χ0v) is 14.8. The SMILES string of the molecule is O=C(CCCC(=O)c1ccccc1)NC1CCN(c2cnccn2)CC1. The Morgan fingerprint density at radius 2 is 1.85 bits per heavy atom. The molecule has 6 heteroatoms. The van der Waals surface area contributed by atoms with Crippen molar-refractivity contribution in [3.8, 4) is 0 Å². The standard InChI is InChI=1S/C20H24N4O2/c25-18(16-5-2-1-3-6-16)7-4-8-20(26)23-17-9-13-24(14-10-17)19-15-21-11-12-22-19/h1-3,5-6,11-12,15,17H,4,7-10,13-14H2,(H,23,26). The van der Waals surface area contributed by atoms with Crippen LogP contribution in [0.25, 0.3) is 0 Å². The smallest absolute Gasteiger partial charge is 0.220 e. The van der Waals surface area contributed by atoms with Gasteiger partial charge < -0.3 is 10.2 Å². The largest absolute Gasteiger partial charge is 0.355 e. The molecule has 2 aromatic rings. The lowest BCUT2D eigenvalue weighted by Gasteiger charge is -2.32. The van der Waals surface area contributed by atoms with Crippen LogP contribution in [0.4, 0.5) is 5.82 Å². The summed E-state index contributed by atoms with van der Waals surface area (Å²) in [6, 6.07) is 9.42. The summed E-state index contributed by atoms with van der Waals surface area (Å²) in [6.07, 6.45) is 8.29. The molecule has 1 aliphatic heterocycles. The molecule has 0 atom stereocenters. The molecule has 0 aliphatic carbocycles. The van der Waals surface area contributed by atoms with Gasteiger partial charge in [-0.2, -0.15) is 0 Å². The Balaban J connectivity index is 1.35. The number of carbonyl (C=O) groups is 2. The maximum absolute atomic E-state index is 12.1. The van der Waals surface area contributed by atoms with Crippen molar-refractivity contribution in [2.24, 2.45) is 0 Å². The molecule has 0 radical (unpaired) electrons. The molecule has 6 nitrogen and oxygen atoms in total.